The van der Waals surface area contributed by atoms with E-state index in [4.69, 9.17) is 9.52 Å². The summed E-state index contributed by atoms with van der Waals surface area (Å²) in [6.07, 6.45) is 2.67. The molecule has 0 unspecified atom stereocenters. The summed E-state index contributed by atoms with van der Waals surface area (Å²) in [5.74, 6) is -0.885. The maximum atomic E-state index is 12.4. The fourth-order valence-corrected chi connectivity index (χ4v) is 2.41. The summed E-state index contributed by atoms with van der Waals surface area (Å²) in [7, 11) is 0. The van der Waals surface area contributed by atoms with Crippen molar-refractivity contribution in [1.82, 2.24) is 9.55 Å². The van der Waals surface area contributed by atoms with E-state index < -0.39 is 5.97 Å². The van der Waals surface area contributed by atoms with Gasteiger partial charge in [0.2, 0.25) is 0 Å². The number of hydrogen-bond acceptors (Lipinski definition) is 4. The van der Waals surface area contributed by atoms with E-state index in [0.29, 0.717) is 10.9 Å². The molecule has 0 amide bonds. The van der Waals surface area contributed by atoms with E-state index >= 15 is 0 Å². The number of nitrogens with zero attached hydrogens (tertiary/aromatic N) is 2. The number of hydrogen-bond donors (Lipinski definition) is 1. The Morgan fingerprint density at radius 1 is 1.38 bits per heavy atom. The summed E-state index contributed by atoms with van der Waals surface area (Å²) in [5, 5.41) is 9.49. The molecule has 0 aliphatic heterocycles. The first-order valence-electron chi connectivity index (χ1n) is 6.00. The van der Waals surface area contributed by atoms with Crippen molar-refractivity contribution in [3.8, 4) is 0 Å². The number of furan rings is 1. The van der Waals surface area contributed by atoms with Gasteiger partial charge in [-0.15, -0.1) is 0 Å². The van der Waals surface area contributed by atoms with Gasteiger partial charge in [-0.2, -0.15) is 0 Å². The minimum atomic E-state index is -1.09. The van der Waals surface area contributed by atoms with Crippen molar-refractivity contribution in [2.45, 2.75) is 6.54 Å². The minimum Gasteiger partial charge on any atom is -0.478 e. The largest absolute Gasteiger partial charge is 0.478 e. The van der Waals surface area contributed by atoms with E-state index in [1.165, 1.54) is 23.2 Å². The van der Waals surface area contributed by atoms with Crippen molar-refractivity contribution in [3.05, 3.63) is 63.0 Å². The summed E-state index contributed by atoms with van der Waals surface area (Å²) in [5.41, 5.74) is 0.364. The summed E-state index contributed by atoms with van der Waals surface area (Å²) < 4.78 is 7.24. The number of carboxylic acids is 1. The van der Waals surface area contributed by atoms with Gasteiger partial charge in [0.1, 0.15) is 11.3 Å². The van der Waals surface area contributed by atoms with E-state index in [0.717, 1.165) is 4.47 Å². The van der Waals surface area contributed by atoms with Crippen LogP contribution < -0.4 is 5.56 Å². The molecule has 0 saturated heterocycles. The number of aromatic nitrogens is 2. The Morgan fingerprint density at radius 2 is 2.19 bits per heavy atom. The summed E-state index contributed by atoms with van der Waals surface area (Å²) in [6, 6.07) is 6.57. The normalized spacial score (nSPS) is 10.9. The van der Waals surface area contributed by atoms with Crippen LogP contribution in [0.5, 0.6) is 0 Å². The lowest BCUT2D eigenvalue weighted by Gasteiger charge is -2.06. The molecule has 1 aromatic carbocycles. The van der Waals surface area contributed by atoms with E-state index in [1.54, 1.807) is 18.2 Å². The van der Waals surface area contributed by atoms with Gasteiger partial charge in [-0.05, 0) is 24.3 Å². The van der Waals surface area contributed by atoms with Gasteiger partial charge in [-0.1, -0.05) is 15.9 Å². The zero-order valence-electron chi connectivity index (χ0n) is 10.6. The molecular weight excluding hydrogens is 340 g/mol. The average molecular weight is 349 g/mol. The van der Waals surface area contributed by atoms with E-state index in [9.17, 15) is 9.59 Å². The number of rotatable bonds is 3. The van der Waals surface area contributed by atoms with Crippen LogP contribution in [0.4, 0.5) is 0 Å². The van der Waals surface area contributed by atoms with Crippen LogP contribution in [0, 0.1) is 0 Å². The highest BCUT2D eigenvalue weighted by atomic mass is 79.9. The van der Waals surface area contributed by atoms with Crippen LogP contribution >= 0.6 is 15.9 Å². The Labute approximate surface area is 126 Å². The molecule has 0 atom stereocenters. The smallest absolute Gasteiger partial charge is 0.339 e. The molecule has 0 aliphatic carbocycles. The zero-order chi connectivity index (χ0) is 15.0. The number of fused-ring (bicyclic) bond motifs is 1. The maximum absolute atomic E-state index is 12.4. The van der Waals surface area contributed by atoms with Gasteiger partial charge in [0.15, 0.2) is 0 Å². The lowest BCUT2D eigenvalue weighted by atomic mass is 10.2. The molecule has 6 nitrogen and oxygen atoms in total. The molecule has 7 heteroatoms. The van der Waals surface area contributed by atoms with E-state index in [1.807, 2.05) is 0 Å². The van der Waals surface area contributed by atoms with Crippen molar-refractivity contribution < 1.29 is 14.3 Å². The molecular formula is C14H9BrN2O4. The first kappa shape index (κ1) is 13.6. The van der Waals surface area contributed by atoms with Crippen molar-refractivity contribution in [2.24, 2.45) is 0 Å². The van der Waals surface area contributed by atoms with Gasteiger partial charge >= 0.3 is 5.97 Å². The highest BCUT2D eigenvalue weighted by Gasteiger charge is 2.15. The van der Waals surface area contributed by atoms with Gasteiger partial charge in [-0.25, -0.2) is 9.78 Å². The second kappa shape index (κ2) is 5.17. The molecule has 106 valence electrons. The number of carboxylic acid groups (broad SMARTS) is 1. The first-order valence-corrected chi connectivity index (χ1v) is 6.80. The van der Waals surface area contributed by atoms with Crippen molar-refractivity contribution in [1.29, 1.82) is 0 Å². The highest BCUT2D eigenvalue weighted by molar-refractivity contribution is 9.10. The van der Waals surface area contributed by atoms with Crippen LogP contribution in [0.1, 0.15) is 16.1 Å². The van der Waals surface area contributed by atoms with Gasteiger partial charge in [0.25, 0.3) is 5.56 Å². The quantitative estimate of drug-likeness (QED) is 0.785. The topological polar surface area (TPSA) is 85.3 Å². The lowest BCUT2D eigenvalue weighted by Crippen LogP contribution is -2.21. The van der Waals surface area contributed by atoms with Crippen LogP contribution in [0.2, 0.25) is 0 Å². The van der Waals surface area contributed by atoms with Crippen LogP contribution in [0.3, 0.4) is 0 Å². The van der Waals surface area contributed by atoms with Gasteiger partial charge in [0.05, 0.1) is 30.0 Å². The Hall–Kier alpha value is -2.41. The molecule has 3 rings (SSSR count). The summed E-state index contributed by atoms with van der Waals surface area (Å²) >= 11 is 3.31. The molecule has 3 aromatic rings. The number of aromatic carboxylic acids is 1. The van der Waals surface area contributed by atoms with Crippen molar-refractivity contribution in [2.75, 3.05) is 0 Å². The van der Waals surface area contributed by atoms with Crippen LogP contribution in [0.25, 0.3) is 10.9 Å². The number of carbonyl (C=O) groups is 1. The Balaban J connectivity index is 2.09. The number of halogens is 1. The fourth-order valence-electron chi connectivity index (χ4n) is 2.05. The van der Waals surface area contributed by atoms with Crippen LogP contribution in [-0.4, -0.2) is 20.6 Å². The highest BCUT2D eigenvalue weighted by Crippen LogP contribution is 2.16. The third-order valence-corrected chi connectivity index (χ3v) is 3.57. The fraction of sp³-hybridized carbons (Fsp3) is 0.0714. The number of benzene rings is 1. The van der Waals surface area contributed by atoms with Crippen LogP contribution in [0.15, 0.2) is 50.5 Å². The molecule has 0 fully saturated rings. The average Bonchev–Trinajstić information content (AvgIpc) is 2.91. The van der Waals surface area contributed by atoms with E-state index in [2.05, 4.69) is 20.9 Å². The van der Waals surface area contributed by atoms with Gasteiger partial charge < -0.3 is 9.52 Å². The zero-order valence-corrected chi connectivity index (χ0v) is 12.2. The molecule has 0 saturated carbocycles. The third-order valence-electron chi connectivity index (χ3n) is 3.08. The Bertz CT molecular complexity index is 897. The minimum absolute atomic E-state index is 0.0168. The third kappa shape index (κ3) is 2.47. The monoisotopic (exact) mass is 348 g/mol. The predicted octanol–water partition coefficient (Wildman–Crippen LogP) is 2.50. The molecule has 0 spiro atoms. The van der Waals surface area contributed by atoms with E-state index in [-0.39, 0.29) is 23.4 Å². The molecule has 2 aromatic heterocycles. The van der Waals surface area contributed by atoms with Crippen molar-refractivity contribution >= 4 is 32.8 Å². The molecule has 0 radical (unpaired) electrons. The standard InChI is InChI=1S/C14H9BrN2O4/c15-8-1-2-11-10(5-8)13(18)17(7-16-11)6-12-9(14(19)20)3-4-21-12/h1-5,7H,6H2,(H,19,20). The second-order valence-corrected chi connectivity index (χ2v) is 5.32. The van der Waals surface area contributed by atoms with Gasteiger partial charge in [-0.3, -0.25) is 9.36 Å². The summed E-state index contributed by atoms with van der Waals surface area (Å²) in [6.45, 7) is 0.0168. The molecule has 0 bridgehead atoms. The molecule has 1 N–H and O–H groups in total. The molecule has 0 aliphatic rings. The predicted molar refractivity (Wildman–Crippen MR) is 78.5 cm³/mol. The second-order valence-electron chi connectivity index (χ2n) is 4.40. The molecule has 2 heterocycles. The Kier molecular flexibility index (Phi) is 3.34. The first-order chi connectivity index (χ1) is 10.1. The van der Waals surface area contributed by atoms with Gasteiger partial charge in [0, 0.05) is 4.47 Å². The molecule has 21 heavy (non-hydrogen) atoms. The SMILES string of the molecule is O=C(O)c1ccoc1Cn1cnc2ccc(Br)cc2c1=O. The van der Waals surface area contributed by atoms with Crippen LogP contribution in [-0.2, 0) is 6.54 Å². The van der Waals surface area contributed by atoms with Crippen molar-refractivity contribution in [3.63, 3.8) is 0 Å². The lowest BCUT2D eigenvalue weighted by molar-refractivity contribution is 0.0694. The Morgan fingerprint density at radius 3 is 2.95 bits per heavy atom. The summed E-state index contributed by atoms with van der Waals surface area (Å²) in [4.78, 5) is 27.6. The maximum Gasteiger partial charge on any atom is 0.339 e.